The molecular formula is C20H16ClN5O4. The molecule has 0 bridgehead atoms. The second-order valence-corrected chi connectivity index (χ2v) is 6.59. The zero-order valence-corrected chi connectivity index (χ0v) is 16.8. The van der Waals surface area contributed by atoms with Crippen LogP contribution >= 0.6 is 11.6 Å². The molecule has 2 aromatic heterocycles. The van der Waals surface area contributed by atoms with Crippen LogP contribution in [0.2, 0.25) is 5.02 Å². The van der Waals surface area contributed by atoms with E-state index in [0.29, 0.717) is 39.7 Å². The van der Waals surface area contributed by atoms with Crippen molar-refractivity contribution in [1.82, 2.24) is 4.98 Å². The highest BCUT2D eigenvalue weighted by molar-refractivity contribution is 6.33. The predicted molar refractivity (Wildman–Crippen MR) is 111 cm³/mol. The Morgan fingerprint density at radius 2 is 2.20 bits per heavy atom. The van der Waals surface area contributed by atoms with E-state index in [1.165, 1.54) is 24.4 Å². The number of aromatic nitrogens is 1. The molecule has 0 aliphatic heterocycles. The summed E-state index contributed by atoms with van der Waals surface area (Å²) in [6, 6.07) is 11.4. The number of nitrogens with zero attached hydrogens (tertiary/aromatic N) is 4. The molecule has 0 amide bonds. The quantitative estimate of drug-likeness (QED) is 0.331. The molecule has 0 spiro atoms. The second-order valence-electron chi connectivity index (χ2n) is 6.18. The average Bonchev–Trinajstić information content (AvgIpc) is 3.16. The molecule has 2 heterocycles. The molecule has 0 atom stereocenters. The van der Waals surface area contributed by atoms with Gasteiger partial charge >= 0.3 is 0 Å². The van der Waals surface area contributed by atoms with E-state index < -0.39 is 4.92 Å². The van der Waals surface area contributed by atoms with E-state index in [1.807, 2.05) is 6.92 Å². The molecule has 0 saturated heterocycles. The third-order valence-electron chi connectivity index (χ3n) is 4.06. The fraction of sp³-hybridized carbons (Fsp3) is 0.150. The summed E-state index contributed by atoms with van der Waals surface area (Å²) in [6.45, 7) is 2.09. The lowest BCUT2D eigenvalue weighted by atomic mass is 10.1. The van der Waals surface area contributed by atoms with Crippen LogP contribution in [0.1, 0.15) is 22.6 Å². The summed E-state index contributed by atoms with van der Waals surface area (Å²) in [7, 11) is 1.55. The average molecular weight is 426 g/mol. The molecule has 0 aliphatic carbocycles. The van der Waals surface area contributed by atoms with E-state index >= 15 is 0 Å². The topological polar surface area (TPSA) is 127 Å². The Labute approximate surface area is 176 Å². The molecule has 1 N–H and O–H groups in total. The number of nitro benzene ring substituents is 1. The number of pyridine rings is 1. The molecule has 1 aromatic carbocycles. The summed E-state index contributed by atoms with van der Waals surface area (Å²) in [4.78, 5) is 14.6. The lowest BCUT2D eigenvalue weighted by Gasteiger charge is -2.08. The second kappa shape index (κ2) is 9.17. The van der Waals surface area contributed by atoms with Gasteiger partial charge in [0.2, 0.25) is 0 Å². The van der Waals surface area contributed by atoms with Crippen molar-refractivity contribution in [2.45, 2.75) is 13.5 Å². The largest absolute Gasteiger partial charge is 0.455 e. The van der Waals surface area contributed by atoms with Crippen LogP contribution in [0.25, 0.3) is 11.3 Å². The van der Waals surface area contributed by atoms with Crippen molar-refractivity contribution in [3.8, 4) is 17.4 Å². The van der Waals surface area contributed by atoms with Crippen molar-refractivity contribution in [2.24, 2.45) is 5.10 Å². The molecule has 0 fully saturated rings. The lowest BCUT2D eigenvalue weighted by Crippen LogP contribution is -2.03. The molecular weight excluding hydrogens is 410 g/mol. The van der Waals surface area contributed by atoms with Crippen molar-refractivity contribution >= 4 is 29.3 Å². The first-order valence-corrected chi connectivity index (χ1v) is 9.03. The number of anilines is 1. The molecule has 9 nitrogen and oxygen atoms in total. The van der Waals surface area contributed by atoms with Gasteiger partial charge in [-0.2, -0.15) is 10.4 Å². The fourth-order valence-corrected chi connectivity index (χ4v) is 3.03. The maximum Gasteiger partial charge on any atom is 0.270 e. The molecule has 3 rings (SSSR count). The van der Waals surface area contributed by atoms with Gasteiger partial charge in [-0.3, -0.25) is 15.5 Å². The van der Waals surface area contributed by atoms with Gasteiger partial charge in [-0.15, -0.1) is 0 Å². The number of nitriles is 1. The summed E-state index contributed by atoms with van der Waals surface area (Å²) in [5.41, 5.74) is 4.93. The number of ether oxygens (including phenoxy) is 1. The van der Waals surface area contributed by atoms with Crippen molar-refractivity contribution in [2.75, 3.05) is 12.5 Å². The standard InChI is InChI=1S/C20H16ClN5O4/c1-12-7-13(11-29-2)17(9-22)20(24-12)25-23-10-15-4-6-19(30-15)16-5-3-14(26(27)28)8-18(16)21/h3-8,10H,11H2,1-2H3,(H,24,25)/b23-10-. The Kier molecular flexibility index (Phi) is 6.41. The summed E-state index contributed by atoms with van der Waals surface area (Å²) >= 11 is 6.13. The van der Waals surface area contributed by atoms with Gasteiger partial charge in [-0.1, -0.05) is 11.6 Å². The Morgan fingerprint density at radius 3 is 2.87 bits per heavy atom. The number of halogens is 1. The number of aryl methyl sites for hydroxylation is 1. The predicted octanol–water partition coefficient (Wildman–Crippen LogP) is 4.68. The molecule has 3 aromatic rings. The number of hydrazone groups is 1. The van der Waals surface area contributed by atoms with E-state index in [9.17, 15) is 15.4 Å². The van der Waals surface area contributed by atoms with Crippen LogP contribution in [-0.4, -0.2) is 23.2 Å². The first kappa shape index (κ1) is 21.0. The van der Waals surface area contributed by atoms with Crippen LogP contribution in [0.3, 0.4) is 0 Å². The van der Waals surface area contributed by atoms with E-state index in [4.69, 9.17) is 20.8 Å². The highest BCUT2D eigenvalue weighted by Crippen LogP contribution is 2.32. The number of benzene rings is 1. The van der Waals surface area contributed by atoms with Crippen molar-refractivity contribution < 1.29 is 14.1 Å². The first-order valence-electron chi connectivity index (χ1n) is 8.65. The minimum atomic E-state index is -0.519. The maximum atomic E-state index is 10.8. The van der Waals surface area contributed by atoms with E-state index in [0.717, 1.165) is 0 Å². The monoisotopic (exact) mass is 425 g/mol. The van der Waals surface area contributed by atoms with Gasteiger partial charge < -0.3 is 9.15 Å². The smallest absolute Gasteiger partial charge is 0.270 e. The Balaban J connectivity index is 1.79. The maximum absolute atomic E-state index is 10.8. The highest BCUT2D eigenvalue weighted by Gasteiger charge is 2.14. The number of nitro groups is 1. The van der Waals surface area contributed by atoms with Crippen LogP contribution in [0, 0.1) is 28.4 Å². The number of methoxy groups -OCH3 is 1. The van der Waals surface area contributed by atoms with E-state index in [2.05, 4.69) is 21.6 Å². The molecule has 152 valence electrons. The zero-order chi connectivity index (χ0) is 21.7. The Morgan fingerprint density at radius 1 is 1.40 bits per heavy atom. The summed E-state index contributed by atoms with van der Waals surface area (Å²) < 4.78 is 10.8. The number of rotatable bonds is 7. The highest BCUT2D eigenvalue weighted by atomic mass is 35.5. The number of furan rings is 1. The first-order chi connectivity index (χ1) is 14.4. The molecule has 10 heteroatoms. The number of non-ortho nitro benzene ring substituents is 1. The van der Waals surface area contributed by atoms with Gasteiger partial charge in [0, 0.05) is 36.1 Å². The van der Waals surface area contributed by atoms with Crippen LogP contribution in [0.5, 0.6) is 0 Å². The van der Waals surface area contributed by atoms with Gasteiger partial charge in [0.1, 0.15) is 23.2 Å². The van der Waals surface area contributed by atoms with Gasteiger partial charge in [-0.25, -0.2) is 4.98 Å². The van der Waals surface area contributed by atoms with E-state index in [-0.39, 0.29) is 17.3 Å². The van der Waals surface area contributed by atoms with Gasteiger partial charge in [0.25, 0.3) is 5.69 Å². The van der Waals surface area contributed by atoms with Crippen LogP contribution in [0.4, 0.5) is 11.5 Å². The summed E-state index contributed by atoms with van der Waals surface area (Å²) in [6.07, 6.45) is 1.42. The molecule has 30 heavy (non-hydrogen) atoms. The van der Waals surface area contributed by atoms with Gasteiger partial charge in [0.15, 0.2) is 5.82 Å². The normalized spacial score (nSPS) is 10.9. The molecule has 0 radical (unpaired) electrons. The number of hydrogen-bond donors (Lipinski definition) is 1. The zero-order valence-electron chi connectivity index (χ0n) is 16.0. The summed E-state index contributed by atoms with van der Waals surface area (Å²) in [5, 5.41) is 24.5. The van der Waals surface area contributed by atoms with Crippen molar-refractivity contribution in [1.29, 1.82) is 5.26 Å². The van der Waals surface area contributed by atoms with Gasteiger partial charge in [-0.05, 0) is 31.2 Å². The Hall–Kier alpha value is -3.74. The van der Waals surface area contributed by atoms with E-state index in [1.54, 1.807) is 25.3 Å². The minimum absolute atomic E-state index is 0.104. The SMILES string of the molecule is COCc1cc(C)nc(N/N=C\c2ccc(-c3ccc([N+](=O)[O-])cc3Cl)o2)c1C#N. The van der Waals surface area contributed by atoms with Crippen molar-refractivity contribution in [3.63, 3.8) is 0 Å². The third kappa shape index (κ3) is 4.63. The van der Waals surface area contributed by atoms with Crippen LogP contribution < -0.4 is 5.43 Å². The molecule has 0 saturated carbocycles. The summed E-state index contributed by atoms with van der Waals surface area (Å²) in [5.74, 6) is 1.16. The Bertz CT molecular complexity index is 1170. The fourth-order valence-electron chi connectivity index (χ4n) is 2.76. The minimum Gasteiger partial charge on any atom is -0.455 e. The lowest BCUT2D eigenvalue weighted by molar-refractivity contribution is -0.384. The number of nitrogens with one attached hydrogen (secondary N) is 1. The van der Waals surface area contributed by atoms with Crippen LogP contribution in [-0.2, 0) is 11.3 Å². The van der Waals surface area contributed by atoms with Crippen molar-refractivity contribution in [3.05, 3.63) is 74.1 Å². The molecule has 0 aliphatic rings. The van der Waals surface area contributed by atoms with Gasteiger partial charge in [0.05, 0.1) is 22.8 Å². The third-order valence-corrected chi connectivity index (χ3v) is 4.37. The number of hydrogen-bond acceptors (Lipinski definition) is 8. The van der Waals surface area contributed by atoms with Crippen LogP contribution in [0.15, 0.2) is 45.9 Å². The molecule has 0 unspecified atom stereocenters.